The molecule has 3 rings (SSSR count). The molecule has 2 N–H and O–H groups in total. The summed E-state index contributed by atoms with van der Waals surface area (Å²) in [6.07, 6.45) is 1.19. The van der Waals surface area contributed by atoms with Crippen LogP contribution in [0.1, 0.15) is 24.8 Å². The van der Waals surface area contributed by atoms with Crippen molar-refractivity contribution in [2.45, 2.75) is 31.4 Å². The maximum absolute atomic E-state index is 12.9. The molecule has 21 heavy (non-hydrogen) atoms. The highest BCUT2D eigenvalue weighted by Crippen LogP contribution is 2.43. The Hall–Kier alpha value is -0.890. The van der Waals surface area contributed by atoms with Gasteiger partial charge in [-0.15, -0.1) is 24.0 Å². The molecule has 6 heteroatoms. The molecule has 1 aliphatic carbocycles. The fraction of sp³-hybridized carbons (Fsp3) is 0.533. The standard InChI is InChI=1S/C15H20FN3O.HI/c1-10-9-19(6-7-20-10)15(17)18-14-8-13(14)11-2-4-12(16)5-3-11;/h2-5,10,13-14H,6-9H2,1H3,(H2,17,18);1H/t10?,13-,14+;/m0./s1. The van der Waals surface area contributed by atoms with E-state index in [0.29, 0.717) is 18.5 Å². The second kappa shape index (κ2) is 6.91. The van der Waals surface area contributed by atoms with Gasteiger partial charge in [-0.25, -0.2) is 9.38 Å². The van der Waals surface area contributed by atoms with E-state index in [1.165, 1.54) is 12.1 Å². The lowest BCUT2D eigenvalue weighted by molar-refractivity contribution is 0.00528. The van der Waals surface area contributed by atoms with Crippen molar-refractivity contribution in [1.82, 2.24) is 4.90 Å². The minimum atomic E-state index is -0.198. The van der Waals surface area contributed by atoms with Gasteiger partial charge in [-0.2, -0.15) is 0 Å². The third-order valence-corrected chi connectivity index (χ3v) is 3.92. The molecular formula is C15H21FIN3O. The van der Waals surface area contributed by atoms with Crippen molar-refractivity contribution in [2.24, 2.45) is 10.7 Å². The van der Waals surface area contributed by atoms with Crippen LogP contribution in [0.25, 0.3) is 0 Å². The van der Waals surface area contributed by atoms with E-state index in [1.807, 2.05) is 19.1 Å². The minimum Gasteiger partial charge on any atom is -0.375 e. The molecule has 1 saturated carbocycles. The number of guanidine groups is 1. The van der Waals surface area contributed by atoms with Crippen LogP contribution < -0.4 is 5.73 Å². The van der Waals surface area contributed by atoms with Crippen LogP contribution in [0.5, 0.6) is 0 Å². The van der Waals surface area contributed by atoms with E-state index in [9.17, 15) is 4.39 Å². The van der Waals surface area contributed by atoms with Crippen molar-refractivity contribution < 1.29 is 9.13 Å². The third kappa shape index (κ3) is 4.06. The van der Waals surface area contributed by atoms with E-state index in [0.717, 1.165) is 25.1 Å². The Bertz CT molecular complexity index is 508. The third-order valence-electron chi connectivity index (χ3n) is 3.92. The largest absolute Gasteiger partial charge is 0.375 e. The molecule has 4 nitrogen and oxygen atoms in total. The van der Waals surface area contributed by atoms with Crippen LogP contribution in [0.15, 0.2) is 29.3 Å². The van der Waals surface area contributed by atoms with E-state index in [-0.39, 0.29) is 41.9 Å². The number of morpholine rings is 1. The number of ether oxygens (including phenoxy) is 1. The number of hydrogen-bond donors (Lipinski definition) is 1. The summed E-state index contributed by atoms with van der Waals surface area (Å²) in [4.78, 5) is 6.68. The molecular weight excluding hydrogens is 384 g/mol. The summed E-state index contributed by atoms with van der Waals surface area (Å²) in [5, 5.41) is 0. The number of benzene rings is 1. The molecule has 0 spiro atoms. The first-order valence-electron chi connectivity index (χ1n) is 7.09. The SMILES string of the molecule is CC1CN(C(N)=N[C@@H]2C[C@H]2c2ccc(F)cc2)CCO1.I. The highest BCUT2D eigenvalue weighted by molar-refractivity contribution is 14.0. The molecule has 2 aliphatic rings. The second-order valence-electron chi connectivity index (χ2n) is 5.58. The molecule has 0 bridgehead atoms. The molecule has 1 heterocycles. The zero-order valence-electron chi connectivity index (χ0n) is 12.0. The number of hydrogen-bond acceptors (Lipinski definition) is 2. The summed E-state index contributed by atoms with van der Waals surface area (Å²) < 4.78 is 18.4. The first kappa shape index (κ1) is 16.5. The average molecular weight is 405 g/mol. The van der Waals surface area contributed by atoms with Crippen molar-refractivity contribution in [1.29, 1.82) is 0 Å². The smallest absolute Gasteiger partial charge is 0.191 e. The number of nitrogens with two attached hydrogens (primary N) is 1. The second-order valence-corrected chi connectivity index (χ2v) is 5.58. The number of halogens is 2. The van der Waals surface area contributed by atoms with E-state index >= 15 is 0 Å². The summed E-state index contributed by atoms with van der Waals surface area (Å²) >= 11 is 0. The van der Waals surface area contributed by atoms with Crippen LogP contribution in [0.4, 0.5) is 4.39 Å². The summed E-state index contributed by atoms with van der Waals surface area (Å²) in [5.41, 5.74) is 7.22. The lowest BCUT2D eigenvalue weighted by Crippen LogP contribution is -2.48. The van der Waals surface area contributed by atoms with Crippen molar-refractivity contribution in [3.63, 3.8) is 0 Å². The Kier molecular flexibility index (Phi) is 5.43. The van der Waals surface area contributed by atoms with Gasteiger partial charge in [-0.3, -0.25) is 0 Å². The van der Waals surface area contributed by atoms with Gasteiger partial charge in [0.25, 0.3) is 0 Å². The zero-order valence-corrected chi connectivity index (χ0v) is 14.4. The number of aliphatic imine (C=N–C) groups is 1. The predicted molar refractivity (Wildman–Crippen MR) is 91.6 cm³/mol. The Morgan fingerprint density at radius 2 is 2.10 bits per heavy atom. The molecule has 2 fully saturated rings. The highest BCUT2D eigenvalue weighted by atomic mass is 127. The normalized spacial score (nSPS) is 29.0. The van der Waals surface area contributed by atoms with Crippen LogP contribution in [-0.4, -0.2) is 42.7 Å². The topological polar surface area (TPSA) is 50.8 Å². The molecule has 0 aromatic heterocycles. The van der Waals surface area contributed by atoms with Gasteiger partial charge < -0.3 is 15.4 Å². The van der Waals surface area contributed by atoms with Crippen LogP contribution >= 0.6 is 24.0 Å². The summed E-state index contributed by atoms with van der Waals surface area (Å²) in [7, 11) is 0. The molecule has 1 unspecified atom stereocenters. The molecule has 0 amide bonds. The van der Waals surface area contributed by atoms with Crippen LogP contribution in [0, 0.1) is 5.82 Å². The van der Waals surface area contributed by atoms with Gasteiger partial charge in [0.05, 0.1) is 18.8 Å². The molecule has 3 atom stereocenters. The summed E-state index contributed by atoms with van der Waals surface area (Å²) in [6.45, 7) is 4.33. The first-order chi connectivity index (χ1) is 9.63. The van der Waals surface area contributed by atoms with Gasteiger partial charge in [-0.05, 0) is 31.0 Å². The van der Waals surface area contributed by atoms with E-state index in [2.05, 4.69) is 9.89 Å². The minimum absolute atomic E-state index is 0. The summed E-state index contributed by atoms with van der Waals surface area (Å²) in [6, 6.07) is 6.91. The fourth-order valence-corrected chi connectivity index (χ4v) is 2.67. The van der Waals surface area contributed by atoms with E-state index < -0.39 is 0 Å². The molecule has 1 aliphatic heterocycles. The van der Waals surface area contributed by atoms with Crippen LogP contribution in [-0.2, 0) is 4.74 Å². The Balaban J connectivity index is 0.00000161. The van der Waals surface area contributed by atoms with Crippen LogP contribution in [0.3, 0.4) is 0 Å². The van der Waals surface area contributed by atoms with Gasteiger partial charge in [0, 0.05) is 19.0 Å². The van der Waals surface area contributed by atoms with E-state index in [1.54, 1.807) is 0 Å². The molecule has 1 aromatic carbocycles. The maximum atomic E-state index is 12.9. The van der Waals surface area contributed by atoms with Gasteiger partial charge in [0.2, 0.25) is 0 Å². The average Bonchev–Trinajstić information content (AvgIpc) is 3.19. The van der Waals surface area contributed by atoms with Crippen molar-refractivity contribution in [3.05, 3.63) is 35.6 Å². The highest BCUT2D eigenvalue weighted by Gasteiger charge is 2.39. The lowest BCUT2D eigenvalue weighted by atomic mass is 10.1. The van der Waals surface area contributed by atoms with Gasteiger partial charge in [0.1, 0.15) is 5.82 Å². The Labute approximate surface area is 141 Å². The monoisotopic (exact) mass is 405 g/mol. The van der Waals surface area contributed by atoms with Crippen molar-refractivity contribution in [2.75, 3.05) is 19.7 Å². The van der Waals surface area contributed by atoms with Gasteiger partial charge >= 0.3 is 0 Å². The van der Waals surface area contributed by atoms with Crippen LogP contribution in [0.2, 0.25) is 0 Å². The van der Waals surface area contributed by atoms with Gasteiger partial charge in [-0.1, -0.05) is 12.1 Å². The predicted octanol–water partition coefficient (Wildman–Crippen LogP) is 2.34. The molecule has 1 saturated heterocycles. The number of nitrogens with zero attached hydrogens (tertiary/aromatic N) is 2. The quantitative estimate of drug-likeness (QED) is 0.467. The zero-order chi connectivity index (χ0) is 14.1. The molecule has 0 radical (unpaired) electrons. The van der Waals surface area contributed by atoms with Crippen molar-refractivity contribution >= 4 is 29.9 Å². The summed E-state index contributed by atoms with van der Waals surface area (Å²) in [5.74, 6) is 0.790. The molecule has 1 aromatic rings. The van der Waals surface area contributed by atoms with E-state index in [4.69, 9.17) is 10.5 Å². The van der Waals surface area contributed by atoms with Crippen molar-refractivity contribution in [3.8, 4) is 0 Å². The lowest BCUT2D eigenvalue weighted by Gasteiger charge is -2.31. The Morgan fingerprint density at radius 3 is 2.76 bits per heavy atom. The first-order valence-corrected chi connectivity index (χ1v) is 7.09. The maximum Gasteiger partial charge on any atom is 0.191 e. The Morgan fingerprint density at radius 1 is 1.38 bits per heavy atom. The fourth-order valence-electron chi connectivity index (χ4n) is 2.67. The van der Waals surface area contributed by atoms with Gasteiger partial charge in [0.15, 0.2) is 5.96 Å². The molecule has 116 valence electrons. The number of rotatable bonds is 2.